The number of amides is 1. The average Bonchev–Trinajstić information content (AvgIpc) is 2.53. The van der Waals surface area contributed by atoms with Gasteiger partial charge in [-0.2, -0.15) is 5.26 Å². The summed E-state index contributed by atoms with van der Waals surface area (Å²) < 4.78 is 32.8. The average molecular weight is 365 g/mol. The number of carbonyl (C=O) groups excluding carboxylic acids is 1. The summed E-state index contributed by atoms with van der Waals surface area (Å²) in [5.74, 6) is -3.08. The Bertz CT molecular complexity index is 694. The van der Waals surface area contributed by atoms with Crippen LogP contribution in [0, 0.1) is 11.3 Å². The summed E-state index contributed by atoms with van der Waals surface area (Å²) in [5.41, 5.74) is -0.286. The van der Waals surface area contributed by atoms with E-state index in [1.54, 1.807) is 17.0 Å². The molecule has 1 saturated heterocycles. The van der Waals surface area contributed by atoms with Crippen LogP contribution in [-0.4, -0.2) is 35.7 Å². The number of piperidine rings is 1. The molecule has 1 aliphatic rings. The van der Waals surface area contributed by atoms with Crippen LogP contribution in [0.3, 0.4) is 0 Å². The molecule has 1 aromatic carbocycles. The van der Waals surface area contributed by atoms with E-state index in [4.69, 9.17) is 10.00 Å². The van der Waals surface area contributed by atoms with Crippen molar-refractivity contribution in [1.29, 1.82) is 5.26 Å². The zero-order chi connectivity index (χ0) is 19.5. The molecular weight excluding hydrogens is 340 g/mol. The third-order valence-electron chi connectivity index (χ3n) is 4.13. The third-order valence-corrected chi connectivity index (χ3v) is 4.13. The normalized spacial score (nSPS) is 16.1. The highest BCUT2D eigenvalue weighted by Crippen LogP contribution is 2.32. The lowest BCUT2D eigenvalue weighted by Gasteiger charge is -2.34. The fraction of sp³-hybridized carbons (Fsp3) is 0.579. The zero-order valence-electron chi connectivity index (χ0n) is 15.6. The molecule has 142 valence electrons. The molecule has 1 N–H and O–H groups in total. The number of halogens is 2. The van der Waals surface area contributed by atoms with Crippen LogP contribution in [-0.2, 0) is 10.7 Å². The maximum Gasteiger partial charge on any atom is 0.410 e. The topological polar surface area (TPSA) is 65.4 Å². The molecule has 0 aromatic heterocycles. The lowest BCUT2D eigenvalue weighted by Crippen LogP contribution is -2.44. The molecule has 1 heterocycles. The molecule has 7 heteroatoms. The number of carbonyl (C=O) groups is 1. The summed E-state index contributed by atoms with van der Waals surface area (Å²) in [4.78, 5) is 13.7. The molecule has 0 bridgehead atoms. The van der Waals surface area contributed by atoms with E-state index in [0.29, 0.717) is 31.6 Å². The first kappa shape index (κ1) is 20.0. The molecule has 1 fully saturated rings. The van der Waals surface area contributed by atoms with E-state index in [2.05, 4.69) is 5.32 Å². The van der Waals surface area contributed by atoms with Gasteiger partial charge in [0.2, 0.25) is 0 Å². The predicted octanol–water partition coefficient (Wildman–Crippen LogP) is 4.48. The van der Waals surface area contributed by atoms with Gasteiger partial charge in [-0.05, 0) is 51.8 Å². The van der Waals surface area contributed by atoms with E-state index < -0.39 is 11.5 Å². The fourth-order valence-electron chi connectivity index (χ4n) is 2.86. The number of alkyl halides is 2. The minimum absolute atomic E-state index is 0.0252. The Morgan fingerprint density at radius 1 is 1.27 bits per heavy atom. The van der Waals surface area contributed by atoms with Gasteiger partial charge in [0, 0.05) is 37.3 Å². The van der Waals surface area contributed by atoms with Gasteiger partial charge in [0.25, 0.3) is 5.92 Å². The van der Waals surface area contributed by atoms with Crippen LogP contribution >= 0.6 is 0 Å². The summed E-state index contributed by atoms with van der Waals surface area (Å²) >= 11 is 0. The number of hydrogen-bond donors (Lipinski definition) is 1. The maximum absolute atomic E-state index is 13.7. The molecule has 26 heavy (non-hydrogen) atoms. The van der Waals surface area contributed by atoms with Crippen molar-refractivity contribution in [2.45, 2.75) is 58.1 Å². The van der Waals surface area contributed by atoms with Crippen LogP contribution in [0.2, 0.25) is 0 Å². The highest BCUT2D eigenvalue weighted by molar-refractivity contribution is 5.68. The van der Waals surface area contributed by atoms with Crippen molar-refractivity contribution in [1.82, 2.24) is 4.90 Å². The van der Waals surface area contributed by atoms with Crippen LogP contribution in [0.1, 0.15) is 51.7 Å². The SMILES string of the molecule is CC(C)(C)OC(=O)N1CCC(Nc2ccc(C#N)c(C(C)(F)F)c2)CC1. The van der Waals surface area contributed by atoms with Crippen LogP contribution in [0.5, 0.6) is 0 Å². The van der Waals surface area contributed by atoms with Crippen LogP contribution in [0.25, 0.3) is 0 Å². The largest absolute Gasteiger partial charge is 0.444 e. The Labute approximate surface area is 152 Å². The van der Waals surface area contributed by atoms with Crippen molar-refractivity contribution in [3.05, 3.63) is 29.3 Å². The van der Waals surface area contributed by atoms with Gasteiger partial charge in [-0.25, -0.2) is 13.6 Å². The van der Waals surface area contributed by atoms with Crippen molar-refractivity contribution >= 4 is 11.8 Å². The molecule has 5 nitrogen and oxygen atoms in total. The monoisotopic (exact) mass is 365 g/mol. The Kier molecular flexibility index (Phi) is 5.74. The minimum atomic E-state index is -3.08. The van der Waals surface area contributed by atoms with Crippen molar-refractivity contribution in [2.75, 3.05) is 18.4 Å². The second-order valence-electron chi connectivity index (χ2n) is 7.65. The van der Waals surface area contributed by atoms with Crippen LogP contribution in [0.15, 0.2) is 18.2 Å². The van der Waals surface area contributed by atoms with E-state index >= 15 is 0 Å². The lowest BCUT2D eigenvalue weighted by molar-refractivity contribution is 0.0169. The highest BCUT2D eigenvalue weighted by Gasteiger charge is 2.29. The number of ether oxygens (including phenoxy) is 1. The summed E-state index contributed by atoms with van der Waals surface area (Å²) in [6, 6.07) is 6.25. The first-order chi connectivity index (χ1) is 12.0. The smallest absolute Gasteiger partial charge is 0.410 e. The van der Waals surface area contributed by atoms with E-state index in [0.717, 1.165) is 6.92 Å². The molecule has 0 atom stereocenters. The summed E-state index contributed by atoms with van der Waals surface area (Å²) in [6.07, 6.45) is 1.05. The van der Waals surface area contributed by atoms with E-state index in [1.807, 2.05) is 20.8 Å². The van der Waals surface area contributed by atoms with Gasteiger partial charge >= 0.3 is 6.09 Å². The van der Waals surface area contributed by atoms with Gasteiger partial charge in [-0.1, -0.05) is 0 Å². The molecule has 2 rings (SSSR count). The molecule has 1 aliphatic heterocycles. The van der Waals surface area contributed by atoms with Gasteiger partial charge in [-0.3, -0.25) is 0 Å². The maximum atomic E-state index is 13.7. The summed E-state index contributed by atoms with van der Waals surface area (Å²) in [6.45, 7) is 7.34. The third kappa shape index (κ3) is 5.32. The number of anilines is 1. The number of hydrogen-bond acceptors (Lipinski definition) is 4. The summed E-state index contributed by atoms with van der Waals surface area (Å²) in [5, 5.41) is 12.2. The number of rotatable bonds is 3. The Morgan fingerprint density at radius 2 is 1.88 bits per heavy atom. The van der Waals surface area contributed by atoms with Gasteiger partial charge in [0.05, 0.1) is 11.6 Å². The standard InChI is InChI=1S/C19H25F2N3O2/c1-18(2,3)26-17(25)24-9-7-14(8-10-24)23-15-6-5-13(12-22)16(11-15)19(4,20)21/h5-6,11,14,23H,7-10H2,1-4H3. The lowest BCUT2D eigenvalue weighted by atomic mass is 10.0. The number of nitriles is 1. The van der Waals surface area contributed by atoms with E-state index in [9.17, 15) is 13.6 Å². The Balaban J connectivity index is 1.98. The number of benzene rings is 1. The zero-order valence-corrected chi connectivity index (χ0v) is 15.6. The first-order valence-corrected chi connectivity index (χ1v) is 8.66. The van der Waals surface area contributed by atoms with E-state index in [-0.39, 0.29) is 23.3 Å². The second kappa shape index (κ2) is 7.48. The van der Waals surface area contributed by atoms with Crippen LogP contribution in [0.4, 0.5) is 19.3 Å². The molecule has 0 aliphatic carbocycles. The second-order valence-corrected chi connectivity index (χ2v) is 7.65. The minimum Gasteiger partial charge on any atom is -0.444 e. The molecule has 0 saturated carbocycles. The van der Waals surface area contributed by atoms with Gasteiger partial charge in [-0.15, -0.1) is 0 Å². The molecule has 0 unspecified atom stereocenters. The fourth-order valence-corrected chi connectivity index (χ4v) is 2.86. The van der Waals surface area contributed by atoms with E-state index in [1.165, 1.54) is 12.1 Å². The van der Waals surface area contributed by atoms with Gasteiger partial charge in [0.1, 0.15) is 5.60 Å². The van der Waals surface area contributed by atoms with Crippen LogP contribution < -0.4 is 5.32 Å². The molecule has 0 radical (unpaired) electrons. The molecule has 0 spiro atoms. The highest BCUT2D eigenvalue weighted by atomic mass is 19.3. The Hall–Kier alpha value is -2.36. The summed E-state index contributed by atoms with van der Waals surface area (Å²) in [7, 11) is 0. The van der Waals surface area contributed by atoms with Crippen molar-refractivity contribution < 1.29 is 18.3 Å². The number of nitrogens with one attached hydrogen (secondary N) is 1. The predicted molar refractivity (Wildman–Crippen MR) is 95.2 cm³/mol. The van der Waals surface area contributed by atoms with Gasteiger partial charge < -0.3 is 15.0 Å². The first-order valence-electron chi connectivity index (χ1n) is 8.66. The molecular formula is C19H25F2N3O2. The van der Waals surface area contributed by atoms with Crippen molar-refractivity contribution in [2.24, 2.45) is 0 Å². The Morgan fingerprint density at radius 3 is 2.38 bits per heavy atom. The number of nitrogens with zero attached hydrogens (tertiary/aromatic N) is 2. The quantitative estimate of drug-likeness (QED) is 0.858. The number of likely N-dealkylation sites (tertiary alicyclic amines) is 1. The van der Waals surface area contributed by atoms with Gasteiger partial charge in [0.15, 0.2) is 0 Å². The van der Waals surface area contributed by atoms with Crippen molar-refractivity contribution in [3.8, 4) is 6.07 Å². The molecule has 1 aromatic rings. The molecule has 1 amide bonds. The van der Waals surface area contributed by atoms with Crippen molar-refractivity contribution in [3.63, 3.8) is 0 Å².